The number of hydrogen-bond donors (Lipinski definition) is 1. The minimum absolute atomic E-state index is 0.583. The normalized spacial score (nSPS) is 18.9. The Hall–Kier alpha value is -0.410. The van der Waals surface area contributed by atoms with Gasteiger partial charge in [0.1, 0.15) is 0 Å². The van der Waals surface area contributed by atoms with Crippen molar-refractivity contribution in [3.63, 3.8) is 0 Å². The number of furan rings is 1. The fraction of sp³-hybridized carbons (Fsp3) is 0.733. The standard InChI is InChI=1S/C15H25NOS/c1-2-16-14(10-13-8-9-17-11-13)12-18-15-6-4-3-5-7-15/h8-9,11,14-16H,2-7,10,12H2,1H3. The lowest BCUT2D eigenvalue weighted by Crippen LogP contribution is -2.34. The Morgan fingerprint density at radius 3 is 2.89 bits per heavy atom. The summed E-state index contributed by atoms with van der Waals surface area (Å²) in [4.78, 5) is 0. The van der Waals surface area contributed by atoms with E-state index in [1.54, 1.807) is 6.26 Å². The first-order valence-electron chi connectivity index (χ1n) is 7.24. The van der Waals surface area contributed by atoms with Crippen LogP contribution in [0.3, 0.4) is 0 Å². The van der Waals surface area contributed by atoms with E-state index in [0.29, 0.717) is 6.04 Å². The van der Waals surface area contributed by atoms with Crippen molar-refractivity contribution in [2.24, 2.45) is 0 Å². The van der Waals surface area contributed by atoms with Crippen molar-refractivity contribution in [2.45, 2.75) is 56.7 Å². The maximum atomic E-state index is 5.15. The van der Waals surface area contributed by atoms with E-state index in [2.05, 4.69) is 30.1 Å². The third-order valence-corrected chi connectivity index (χ3v) is 5.18. The number of likely N-dealkylation sites (N-methyl/N-ethyl adjacent to an activating group) is 1. The first-order valence-corrected chi connectivity index (χ1v) is 8.29. The van der Waals surface area contributed by atoms with Crippen LogP contribution in [-0.2, 0) is 6.42 Å². The number of hydrogen-bond acceptors (Lipinski definition) is 3. The number of thioether (sulfide) groups is 1. The molecular weight excluding hydrogens is 242 g/mol. The molecule has 1 aliphatic rings. The predicted octanol–water partition coefficient (Wildman–Crippen LogP) is 3.87. The molecule has 1 saturated carbocycles. The Kier molecular flexibility index (Phi) is 6.15. The Bertz CT molecular complexity index is 306. The molecule has 0 aromatic carbocycles. The van der Waals surface area contributed by atoms with Crippen molar-refractivity contribution >= 4 is 11.8 Å². The van der Waals surface area contributed by atoms with Crippen LogP contribution in [0.5, 0.6) is 0 Å². The van der Waals surface area contributed by atoms with Crippen LogP contribution in [0.4, 0.5) is 0 Å². The highest BCUT2D eigenvalue weighted by Crippen LogP contribution is 2.28. The van der Waals surface area contributed by atoms with Gasteiger partial charge in [-0.25, -0.2) is 0 Å². The molecule has 1 unspecified atom stereocenters. The second-order valence-corrected chi connectivity index (χ2v) is 6.52. The van der Waals surface area contributed by atoms with Crippen LogP contribution < -0.4 is 5.32 Å². The van der Waals surface area contributed by atoms with E-state index in [-0.39, 0.29) is 0 Å². The van der Waals surface area contributed by atoms with Crippen molar-refractivity contribution in [3.05, 3.63) is 24.2 Å². The molecule has 1 N–H and O–H groups in total. The van der Waals surface area contributed by atoms with Crippen LogP contribution in [-0.4, -0.2) is 23.6 Å². The molecule has 1 aromatic heterocycles. The predicted molar refractivity (Wildman–Crippen MR) is 79.2 cm³/mol. The molecular formula is C15H25NOS. The summed E-state index contributed by atoms with van der Waals surface area (Å²) in [5, 5.41) is 4.50. The average molecular weight is 267 g/mol. The molecule has 102 valence electrons. The van der Waals surface area contributed by atoms with Crippen LogP contribution >= 0.6 is 11.8 Å². The minimum atomic E-state index is 0.583. The van der Waals surface area contributed by atoms with Crippen LogP contribution in [0.1, 0.15) is 44.6 Å². The summed E-state index contributed by atoms with van der Waals surface area (Å²) in [6.45, 7) is 3.24. The van der Waals surface area contributed by atoms with Gasteiger partial charge in [-0.05, 0) is 37.4 Å². The van der Waals surface area contributed by atoms with E-state index in [4.69, 9.17) is 4.42 Å². The van der Waals surface area contributed by atoms with Gasteiger partial charge >= 0.3 is 0 Å². The van der Waals surface area contributed by atoms with Crippen molar-refractivity contribution in [3.8, 4) is 0 Å². The Morgan fingerprint density at radius 2 is 2.22 bits per heavy atom. The van der Waals surface area contributed by atoms with Crippen molar-refractivity contribution in [1.29, 1.82) is 0 Å². The lowest BCUT2D eigenvalue weighted by molar-refractivity contribution is 0.512. The third kappa shape index (κ3) is 4.69. The SMILES string of the molecule is CCNC(CSC1CCCCC1)Cc1ccoc1. The Labute approximate surface area is 115 Å². The number of nitrogens with one attached hydrogen (secondary N) is 1. The molecule has 0 aliphatic heterocycles. The van der Waals surface area contributed by atoms with E-state index in [1.807, 2.05) is 6.26 Å². The van der Waals surface area contributed by atoms with Gasteiger partial charge in [0.05, 0.1) is 12.5 Å². The summed E-state index contributed by atoms with van der Waals surface area (Å²) in [7, 11) is 0. The fourth-order valence-corrected chi connectivity index (χ4v) is 4.06. The van der Waals surface area contributed by atoms with Gasteiger partial charge in [0, 0.05) is 17.0 Å². The van der Waals surface area contributed by atoms with Crippen LogP contribution in [0.2, 0.25) is 0 Å². The highest BCUT2D eigenvalue weighted by molar-refractivity contribution is 7.99. The molecule has 1 fully saturated rings. The van der Waals surface area contributed by atoms with Gasteiger partial charge in [-0.15, -0.1) is 0 Å². The fourth-order valence-electron chi connectivity index (χ4n) is 2.66. The summed E-state index contributed by atoms with van der Waals surface area (Å²) in [5.41, 5.74) is 1.31. The molecule has 2 rings (SSSR count). The van der Waals surface area contributed by atoms with Gasteiger partial charge < -0.3 is 9.73 Å². The molecule has 18 heavy (non-hydrogen) atoms. The summed E-state index contributed by atoms with van der Waals surface area (Å²) in [5.74, 6) is 1.23. The van der Waals surface area contributed by atoms with Crippen LogP contribution in [0.25, 0.3) is 0 Å². The lowest BCUT2D eigenvalue weighted by atomic mass is 10.0. The zero-order valence-electron chi connectivity index (χ0n) is 11.4. The van der Waals surface area contributed by atoms with E-state index in [9.17, 15) is 0 Å². The van der Waals surface area contributed by atoms with Crippen LogP contribution in [0.15, 0.2) is 23.0 Å². The minimum Gasteiger partial charge on any atom is -0.472 e. The Balaban J connectivity index is 1.74. The molecule has 1 aliphatic carbocycles. The molecule has 1 heterocycles. The molecule has 2 nitrogen and oxygen atoms in total. The summed E-state index contributed by atoms with van der Waals surface area (Å²) in [6, 6.07) is 2.66. The monoisotopic (exact) mass is 267 g/mol. The lowest BCUT2D eigenvalue weighted by Gasteiger charge is -2.24. The quantitative estimate of drug-likeness (QED) is 0.812. The summed E-state index contributed by atoms with van der Waals surface area (Å²) >= 11 is 2.17. The topological polar surface area (TPSA) is 25.2 Å². The maximum absolute atomic E-state index is 5.15. The van der Waals surface area contributed by atoms with Gasteiger partial charge in [0.2, 0.25) is 0 Å². The first-order chi connectivity index (χ1) is 8.88. The number of rotatable bonds is 7. The van der Waals surface area contributed by atoms with E-state index in [0.717, 1.165) is 18.2 Å². The molecule has 0 spiro atoms. The summed E-state index contributed by atoms with van der Waals surface area (Å²) in [6.07, 6.45) is 11.9. The Morgan fingerprint density at radius 1 is 1.39 bits per heavy atom. The van der Waals surface area contributed by atoms with Gasteiger partial charge in [0.25, 0.3) is 0 Å². The smallest absolute Gasteiger partial charge is 0.0935 e. The van der Waals surface area contributed by atoms with E-state index < -0.39 is 0 Å². The zero-order chi connectivity index (χ0) is 12.6. The highest BCUT2D eigenvalue weighted by Gasteiger charge is 2.16. The maximum Gasteiger partial charge on any atom is 0.0935 e. The average Bonchev–Trinajstić information content (AvgIpc) is 2.90. The molecule has 1 aromatic rings. The van der Waals surface area contributed by atoms with Gasteiger partial charge in [0.15, 0.2) is 0 Å². The second kappa shape index (κ2) is 7.90. The van der Waals surface area contributed by atoms with E-state index in [1.165, 1.54) is 43.4 Å². The first kappa shape index (κ1) is 14.0. The van der Waals surface area contributed by atoms with Gasteiger partial charge in [-0.2, -0.15) is 11.8 Å². The third-order valence-electron chi connectivity index (χ3n) is 3.64. The van der Waals surface area contributed by atoms with Crippen molar-refractivity contribution < 1.29 is 4.42 Å². The van der Waals surface area contributed by atoms with E-state index >= 15 is 0 Å². The van der Waals surface area contributed by atoms with Crippen molar-refractivity contribution in [1.82, 2.24) is 5.32 Å². The molecule has 0 saturated heterocycles. The molecule has 1 atom stereocenters. The molecule has 3 heteroatoms. The molecule has 0 radical (unpaired) electrons. The zero-order valence-corrected chi connectivity index (χ0v) is 12.2. The summed E-state index contributed by atoms with van der Waals surface area (Å²) < 4.78 is 5.15. The second-order valence-electron chi connectivity index (χ2n) is 5.18. The van der Waals surface area contributed by atoms with Gasteiger partial charge in [-0.3, -0.25) is 0 Å². The van der Waals surface area contributed by atoms with Crippen molar-refractivity contribution in [2.75, 3.05) is 12.3 Å². The highest BCUT2D eigenvalue weighted by atomic mass is 32.2. The largest absolute Gasteiger partial charge is 0.472 e. The van der Waals surface area contributed by atoms with Crippen LogP contribution in [0, 0.1) is 0 Å². The van der Waals surface area contributed by atoms with Gasteiger partial charge in [-0.1, -0.05) is 26.2 Å². The molecule has 0 amide bonds. The molecule has 0 bridgehead atoms.